The average Bonchev–Trinajstić information content (AvgIpc) is 2.74. The fourth-order valence-electron chi connectivity index (χ4n) is 2.71. The molecule has 0 fully saturated rings. The van der Waals surface area contributed by atoms with Crippen molar-refractivity contribution in [2.45, 2.75) is 47.2 Å². The van der Waals surface area contributed by atoms with E-state index < -0.39 is 0 Å². The highest BCUT2D eigenvalue weighted by molar-refractivity contribution is 5.71. The molecule has 1 aromatic carbocycles. The number of benzene rings is 1. The lowest BCUT2D eigenvalue weighted by atomic mass is 9.98. The van der Waals surface area contributed by atoms with E-state index in [0.29, 0.717) is 0 Å². The summed E-state index contributed by atoms with van der Waals surface area (Å²) in [5.74, 6) is 0. The lowest BCUT2D eigenvalue weighted by Gasteiger charge is -2.11. The van der Waals surface area contributed by atoms with Crippen molar-refractivity contribution in [2.75, 3.05) is 6.54 Å². The smallest absolute Gasteiger partial charge is 0.0675 e. The SMILES string of the molecule is CCCNCc1ccccc1-c1c(C)nn(CC)c1C. The number of hydrogen-bond donors (Lipinski definition) is 1. The molecule has 1 heterocycles. The number of aromatic nitrogens is 2. The Hall–Kier alpha value is -1.61. The highest BCUT2D eigenvalue weighted by Gasteiger charge is 2.15. The van der Waals surface area contributed by atoms with E-state index in [2.05, 4.69) is 67.1 Å². The monoisotopic (exact) mass is 271 g/mol. The molecule has 1 N–H and O–H groups in total. The summed E-state index contributed by atoms with van der Waals surface area (Å²) in [6.45, 7) is 11.5. The molecule has 3 heteroatoms. The Bertz CT molecular complexity index is 570. The van der Waals surface area contributed by atoms with E-state index in [1.165, 1.54) is 22.4 Å². The minimum atomic E-state index is 0.917. The van der Waals surface area contributed by atoms with E-state index in [9.17, 15) is 0 Å². The van der Waals surface area contributed by atoms with Crippen molar-refractivity contribution in [1.82, 2.24) is 15.1 Å². The largest absolute Gasteiger partial charge is 0.313 e. The van der Waals surface area contributed by atoms with Gasteiger partial charge in [0.15, 0.2) is 0 Å². The lowest BCUT2D eigenvalue weighted by molar-refractivity contribution is 0.634. The van der Waals surface area contributed by atoms with E-state index in [4.69, 9.17) is 0 Å². The van der Waals surface area contributed by atoms with Gasteiger partial charge in [0, 0.05) is 24.3 Å². The van der Waals surface area contributed by atoms with Gasteiger partial charge in [-0.05, 0) is 44.9 Å². The second kappa shape index (κ2) is 6.71. The van der Waals surface area contributed by atoms with Crippen molar-refractivity contribution in [3.8, 4) is 11.1 Å². The van der Waals surface area contributed by atoms with Crippen molar-refractivity contribution in [2.24, 2.45) is 0 Å². The fraction of sp³-hybridized carbons (Fsp3) is 0.471. The van der Waals surface area contributed by atoms with E-state index in [-0.39, 0.29) is 0 Å². The number of rotatable bonds is 6. The van der Waals surface area contributed by atoms with Crippen LogP contribution in [0.15, 0.2) is 24.3 Å². The molecule has 0 saturated carbocycles. The van der Waals surface area contributed by atoms with Crippen molar-refractivity contribution in [1.29, 1.82) is 0 Å². The van der Waals surface area contributed by atoms with E-state index >= 15 is 0 Å². The molecular formula is C17H25N3. The molecule has 0 aliphatic rings. The lowest BCUT2D eigenvalue weighted by Crippen LogP contribution is -2.14. The van der Waals surface area contributed by atoms with Crippen LogP contribution in [-0.2, 0) is 13.1 Å². The molecule has 2 aromatic rings. The molecule has 0 amide bonds. The highest BCUT2D eigenvalue weighted by atomic mass is 15.3. The number of nitrogens with one attached hydrogen (secondary N) is 1. The molecule has 1 aromatic heterocycles. The Morgan fingerprint density at radius 1 is 1.15 bits per heavy atom. The zero-order valence-corrected chi connectivity index (χ0v) is 13.0. The van der Waals surface area contributed by atoms with Crippen LogP contribution in [0.3, 0.4) is 0 Å². The average molecular weight is 271 g/mol. The summed E-state index contributed by atoms with van der Waals surface area (Å²) in [4.78, 5) is 0. The van der Waals surface area contributed by atoms with E-state index in [1.54, 1.807) is 0 Å². The van der Waals surface area contributed by atoms with Crippen molar-refractivity contribution in [3.05, 3.63) is 41.2 Å². The molecule has 0 atom stereocenters. The zero-order valence-electron chi connectivity index (χ0n) is 13.0. The molecule has 0 saturated heterocycles. The van der Waals surface area contributed by atoms with Gasteiger partial charge in [0.25, 0.3) is 0 Å². The quantitative estimate of drug-likeness (QED) is 0.812. The predicted molar refractivity (Wildman–Crippen MR) is 84.8 cm³/mol. The van der Waals surface area contributed by atoms with Gasteiger partial charge < -0.3 is 5.32 Å². The molecule has 2 rings (SSSR count). The first-order valence-corrected chi connectivity index (χ1v) is 7.52. The van der Waals surface area contributed by atoms with E-state index in [0.717, 1.165) is 31.7 Å². The Balaban J connectivity index is 2.40. The van der Waals surface area contributed by atoms with Crippen LogP contribution in [0.1, 0.15) is 37.2 Å². The van der Waals surface area contributed by atoms with Crippen LogP contribution in [0.4, 0.5) is 0 Å². The van der Waals surface area contributed by atoms with Crippen LogP contribution in [0.5, 0.6) is 0 Å². The van der Waals surface area contributed by atoms with Crippen LogP contribution < -0.4 is 5.32 Å². The number of aryl methyl sites for hydroxylation is 2. The Morgan fingerprint density at radius 2 is 1.90 bits per heavy atom. The van der Waals surface area contributed by atoms with Gasteiger partial charge in [-0.15, -0.1) is 0 Å². The topological polar surface area (TPSA) is 29.9 Å². The maximum absolute atomic E-state index is 4.64. The molecule has 0 aliphatic heterocycles. The predicted octanol–water partition coefficient (Wildman–Crippen LogP) is 3.69. The second-order valence-electron chi connectivity index (χ2n) is 5.20. The Kier molecular flexibility index (Phi) is 4.96. The molecule has 108 valence electrons. The molecule has 0 spiro atoms. The van der Waals surface area contributed by atoms with Gasteiger partial charge >= 0.3 is 0 Å². The van der Waals surface area contributed by atoms with Gasteiger partial charge in [0.2, 0.25) is 0 Å². The molecule has 0 radical (unpaired) electrons. The van der Waals surface area contributed by atoms with Crippen LogP contribution >= 0.6 is 0 Å². The fourth-order valence-corrected chi connectivity index (χ4v) is 2.71. The van der Waals surface area contributed by atoms with Crippen LogP contribution in [-0.4, -0.2) is 16.3 Å². The summed E-state index contributed by atoms with van der Waals surface area (Å²) in [5, 5.41) is 8.13. The Morgan fingerprint density at radius 3 is 2.55 bits per heavy atom. The number of hydrogen-bond acceptors (Lipinski definition) is 2. The standard InChI is InChI=1S/C17H25N3/c1-5-11-18-12-15-9-7-8-10-16(15)17-13(3)19-20(6-2)14(17)4/h7-10,18H,5-6,11-12H2,1-4H3. The van der Waals surface area contributed by atoms with Gasteiger partial charge in [-0.3, -0.25) is 4.68 Å². The third-order valence-electron chi connectivity index (χ3n) is 3.71. The maximum atomic E-state index is 4.64. The molecule has 3 nitrogen and oxygen atoms in total. The van der Waals surface area contributed by atoms with Gasteiger partial charge in [0.1, 0.15) is 0 Å². The summed E-state index contributed by atoms with van der Waals surface area (Å²) in [6.07, 6.45) is 1.16. The molecule has 0 unspecified atom stereocenters. The number of nitrogens with zero attached hydrogens (tertiary/aromatic N) is 2. The van der Waals surface area contributed by atoms with Crippen LogP contribution in [0.2, 0.25) is 0 Å². The minimum Gasteiger partial charge on any atom is -0.313 e. The third-order valence-corrected chi connectivity index (χ3v) is 3.71. The van der Waals surface area contributed by atoms with E-state index in [1.807, 2.05) is 0 Å². The first-order valence-electron chi connectivity index (χ1n) is 7.52. The normalized spacial score (nSPS) is 11.0. The molecule has 0 bridgehead atoms. The highest BCUT2D eigenvalue weighted by Crippen LogP contribution is 2.29. The summed E-state index contributed by atoms with van der Waals surface area (Å²) >= 11 is 0. The van der Waals surface area contributed by atoms with Gasteiger partial charge in [-0.1, -0.05) is 31.2 Å². The summed E-state index contributed by atoms with van der Waals surface area (Å²) in [6, 6.07) is 8.64. The third kappa shape index (κ3) is 2.93. The van der Waals surface area contributed by atoms with Gasteiger partial charge in [-0.25, -0.2) is 0 Å². The van der Waals surface area contributed by atoms with Gasteiger partial charge in [-0.2, -0.15) is 5.10 Å². The van der Waals surface area contributed by atoms with Gasteiger partial charge in [0.05, 0.1) is 5.69 Å². The molecule has 0 aliphatic carbocycles. The molecule has 20 heavy (non-hydrogen) atoms. The summed E-state index contributed by atoms with van der Waals surface area (Å²) in [5.41, 5.74) is 6.33. The van der Waals surface area contributed by atoms with Crippen molar-refractivity contribution >= 4 is 0 Å². The minimum absolute atomic E-state index is 0.917. The summed E-state index contributed by atoms with van der Waals surface area (Å²) < 4.78 is 2.08. The zero-order chi connectivity index (χ0) is 14.5. The van der Waals surface area contributed by atoms with Crippen LogP contribution in [0.25, 0.3) is 11.1 Å². The van der Waals surface area contributed by atoms with Crippen molar-refractivity contribution < 1.29 is 0 Å². The first-order chi connectivity index (χ1) is 9.69. The summed E-state index contributed by atoms with van der Waals surface area (Å²) in [7, 11) is 0. The van der Waals surface area contributed by atoms with Crippen LogP contribution in [0, 0.1) is 13.8 Å². The maximum Gasteiger partial charge on any atom is 0.0675 e. The first kappa shape index (κ1) is 14.8. The van der Waals surface area contributed by atoms with Crippen molar-refractivity contribution in [3.63, 3.8) is 0 Å². The second-order valence-corrected chi connectivity index (χ2v) is 5.20. The Labute approximate surface area is 122 Å². The molecular weight excluding hydrogens is 246 g/mol.